The van der Waals surface area contributed by atoms with E-state index in [2.05, 4.69) is 21.2 Å². The van der Waals surface area contributed by atoms with Crippen LogP contribution < -0.4 is 5.32 Å². The number of amides is 1. The molecular weight excluding hydrogens is 387 g/mol. The first-order valence-corrected chi connectivity index (χ1v) is 9.16. The van der Waals surface area contributed by atoms with Crippen molar-refractivity contribution in [2.45, 2.75) is 25.1 Å². The van der Waals surface area contributed by atoms with E-state index in [1.165, 1.54) is 6.07 Å². The number of anilines is 1. The standard InChI is InChI=1S/C19H18BrFN2O2/c20-12-7-8-16(21)15(10-12)18-22-17-6-2-1-5-14(17)19(24)23(18)11-13-4-3-9-25-13/h1-2,5-8,10,13,18,22H,3-4,9,11H2/t13-,18+/m0/s1. The third-order valence-corrected chi connectivity index (χ3v) is 5.19. The fraction of sp³-hybridized carbons (Fsp3) is 0.316. The van der Waals surface area contributed by atoms with Gasteiger partial charge < -0.3 is 15.0 Å². The summed E-state index contributed by atoms with van der Waals surface area (Å²) >= 11 is 3.40. The van der Waals surface area contributed by atoms with Gasteiger partial charge in [-0.1, -0.05) is 28.1 Å². The zero-order valence-corrected chi connectivity index (χ0v) is 15.1. The average molecular weight is 405 g/mol. The SMILES string of the molecule is O=C1c2ccccc2N[C@@H](c2cc(Br)ccc2F)N1C[C@@H]1CCCO1. The summed E-state index contributed by atoms with van der Waals surface area (Å²) < 4.78 is 21.0. The maximum atomic E-state index is 14.5. The smallest absolute Gasteiger partial charge is 0.257 e. The van der Waals surface area contributed by atoms with Crippen molar-refractivity contribution >= 4 is 27.5 Å². The molecule has 0 unspecified atom stereocenters. The van der Waals surface area contributed by atoms with Crippen LogP contribution in [0.15, 0.2) is 46.9 Å². The highest BCUT2D eigenvalue weighted by Gasteiger charge is 2.36. The van der Waals surface area contributed by atoms with Crippen LogP contribution in [0.2, 0.25) is 0 Å². The van der Waals surface area contributed by atoms with Crippen LogP contribution in [0.25, 0.3) is 0 Å². The summed E-state index contributed by atoms with van der Waals surface area (Å²) in [5, 5.41) is 3.32. The first-order chi connectivity index (χ1) is 12.1. The van der Waals surface area contributed by atoms with Gasteiger partial charge >= 0.3 is 0 Å². The number of nitrogens with zero attached hydrogens (tertiary/aromatic N) is 1. The highest BCUT2D eigenvalue weighted by Crippen LogP contribution is 2.35. The van der Waals surface area contributed by atoms with Crippen molar-refractivity contribution in [3.8, 4) is 0 Å². The first-order valence-electron chi connectivity index (χ1n) is 8.36. The van der Waals surface area contributed by atoms with Crippen molar-refractivity contribution in [1.82, 2.24) is 4.90 Å². The van der Waals surface area contributed by atoms with E-state index in [1.807, 2.05) is 18.2 Å². The van der Waals surface area contributed by atoms with E-state index < -0.39 is 6.17 Å². The molecule has 0 bridgehead atoms. The zero-order valence-electron chi connectivity index (χ0n) is 13.5. The number of benzene rings is 2. The number of carbonyl (C=O) groups excluding carboxylic acids is 1. The number of hydrogen-bond acceptors (Lipinski definition) is 3. The van der Waals surface area contributed by atoms with Gasteiger partial charge in [-0.25, -0.2) is 4.39 Å². The van der Waals surface area contributed by atoms with Crippen LogP contribution in [-0.2, 0) is 4.74 Å². The van der Waals surface area contributed by atoms with E-state index in [4.69, 9.17) is 4.74 Å². The predicted molar refractivity (Wildman–Crippen MR) is 96.9 cm³/mol. The van der Waals surface area contributed by atoms with E-state index in [9.17, 15) is 9.18 Å². The maximum Gasteiger partial charge on any atom is 0.257 e. The lowest BCUT2D eigenvalue weighted by molar-refractivity contribution is 0.0423. The molecule has 25 heavy (non-hydrogen) atoms. The molecule has 130 valence electrons. The third-order valence-electron chi connectivity index (χ3n) is 4.70. The van der Waals surface area contributed by atoms with Crippen LogP contribution in [0.3, 0.4) is 0 Å². The monoisotopic (exact) mass is 404 g/mol. The van der Waals surface area contributed by atoms with Crippen molar-refractivity contribution in [2.75, 3.05) is 18.5 Å². The van der Waals surface area contributed by atoms with Gasteiger partial charge in [-0.3, -0.25) is 4.79 Å². The Labute approximate surface area is 154 Å². The van der Waals surface area contributed by atoms with E-state index >= 15 is 0 Å². The van der Waals surface area contributed by atoms with Gasteiger partial charge in [0.25, 0.3) is 5.91 Å². The summed E-state index contributed by atoms with van der Waals surface area (Å²) in [5.74, 6) is -0.445. The molecule has 2 heterocycles. The fourth-order valence-electron chi connectivity index (χ4n) is 3.46. The van der Waals surface area contributed by atoms with Crippen molar-refractivity contribution in [3.05, 3.63) is 63.9 Å². The second-order valence-corrected chi connectivity index (χ2v) is 7.27. The molecule has 6 heteroatoms. The summed E-state index contributed by atoms with van der Waals surface area (Å²) in [6.45, 7) is 1.16. The Morgan fingerprint density at radius 1 is 1.28 bits per heavy atom. The second kappa shape index (κ2) is 6.77. The summed E-state index contributed by atoms with van der Waals surface area (Å²) in [5.41, 5.74) is 1.77. The number of fused-ring (bicyclic) bond motifs is 1. The minimum Gasteiger partial charge on any atom is -0.376 e. The zero-order chi connectivity index (χ0) is 17.4. The average Bonchev–Trinajstić information content (AvgIpc) is 3.13. The van der Waals surface area contributed by atoms with Crippen LogP contribution >= 0.6 is 15.9 Å². The first kappa shape index (κ1) is 16.5. The van der Waals surface area contributed by atoms with E-state index in [1.54, 1.807) is 23.1 Å². The lowest BCUT2D eigenvalue weighted by Gasteiger charge is -2.39. The number of carbonyl (C=O) groups is 1. The van der Waals surface area contributed by atoms with Gasteiger partial charge in [0.05, 0.1) is 11.7 Å². The molecule has 2 aromatic carbocycles. The summed E-state index contributed by atoms with van der Waals surface area (Å²) in [6, 6.07) is 12.1. The normalized spacial score (nSPS) is 22.6. The second-order valence-electron chi connectivity index (χ2n) is 6.35. The lowest BCUT2D eigenvalue weighted by Crippen LogP contribution is -2.46. The third kappa shape index (κ3) is 3.16. The van der Waals surface area contributed by atoms with Crippen LogP contribution in [0.1, 0.15) is 34.9 Å². The van der Waals surface area contributed by atoms with Crippen LogP contribution in [0.5, 0.6) is 0 Å². The molecule has 1 N–H and O–H groups in total. The van der Waals surface area contributed by atoms with Gasteiger partial charge in [-0.2, -0.15) is 0 Å². The Bertz CT molecular complexity index is 808. The molecule has 0 aromatic heterocycles. The summed E-state index contributed by atoms with van der Waals surface area (Å²) in [6.07, 6.45) is 1.34. The van der Waals surface area contributed by atoms with Crippen LogP contribution in [0.4, 0.5) is 10.1 Å². The van der Waals surface area contributed by atoms with Gasteiger partial charge in [0.2, 0.25) is 0 Å². The molecule has 2 aliphatic rings. The van der Waals surface area contributed by atoms with Gasteiger partial charge in [0, 0.05) is 28.9 Å². The molecule has 1 amide bonds. The molecule has 2 atom stereocenters. The molecule has 1 fully saturated rings. The largest absolute Gasteiger partial charge is 0.376 e. The molecule has 4 rings (SSSR count). The fourth-order valence-corrected chi connectivity index (χ4v) is 3.84. The van der Waals surface area contributed by atoms with Crippen LogP contribution in [0, 0.1) is 5.82 Å². The molecule has 0 aliphatic carbocycles. The van der Waals surface area contributed by atoms with E-state index in [0.29, 0.717) is 24.3 Å². The summed E-state index contributed by atoms with van der Waals surface area (Å²) in [4.78, 5) is 14.8. The number of hydrogen-bond donors (Lipinski definition) is 1. The topological polar surface area (TPSA) is 41.6 Å². The van der Waals surface area contributed by atoms with Crippen molar-refractivity contribution < 1.29 is 13.9 Å². The Morgan fingerprint density at radius 2 is 2.12 bits per heavy atom. The number of para-hydroxylation sites is 1. The Morgan fingerprint density at radius 3 is 2.92 bits per heavy atom. The number of halogens is 2. The van der Waals surface area contributed by atoms with Gasteiger partial charge in [-0.05, 0) is 43.2 Å². The molecule has 2 aliphatic heterocycles. The molecule has 0 radical (unpaired) electrons. The molecule has 1 saturated heterocycles. The minimum atomic E-state index is -0.566. The molecule has 0 spiro atoms. The molecule has 2 aromatic rings. The molecule has 0 saturated carbocycles. The minimum absolute atomic E-state index is 0.00581. The molecular formula is C19H18BrFN2O2. The Kier molecular flexibility index (Phi) is 4.48. The summed E-state index contributed by atoms with van der Waals surface area (Å²) in [7, 11) is 0. The maximum absolute atomic E-state index is 14.5. The van der Waals surface area contributed by atoms with Crippen LogP contribution in [-0.4, -0.2) is 30.1 Å². The highest BCUT2D eigenvalue weighted by molar-refractivity contribution is 9.10. The Balaban J connectivity index is 1.75. The number of ether oxygens (including phenoxy) is 1. The lowest BCUT2D eigenvalue weighted by atomic mass is 10.0. The number of rotatable bonds is 3. The molecule has 4 nitrogen and oxygen atoms in total. The number of nitrogens with one attached hydrogen (secondary N) is 1. The van der Waals surface area contributed by atoms with Crippen molar-refractivity contribution in [3.63, 3.8) is 0 Å². The van der Waals surface area contributed by atoms with E-state index in [0.717, 1.165) is 23.0 Å². The predicted octanol–water partition coefficient (Wildman–Crippen LogP) is 4.33. The van der Waals surface area contributed by atoms with Gasteiger partial charge in [0.1, 0.15) is 12.0 Å². The van der Waals surface area contributed by atoms with Crippen molar-refractivity contribution in [1.29, 1.82) is 0 Å². The highest BCUT2D eigenvalue weighted by atomic mass is 79.9. The van der Waals surface area contributed by atoms with Crippen molar-refractivity contribution in [2.24, 2.45) is 0 Å². The quantitative estimate of drug-likeness (QED) is 0.827. The Hall–Kier alpha value is -1.92. The van der Waals surface area contributed by atoms with E-state index in [-0.39, 0.29) is 17.8 Å². The van der Waals surface area contributed by atoms with Gasteiger partial charge in [0.15, 0.2) is 0 Å². The van der Waals surface area contributed by atoms with Gasteiger partial charge in [-0.15, -0.1) is 0 Å².